The molecule has 1 aromatic heterocycles. The lowest BCUT2D eigenvalue weighted by Crippen LogP contribution is -2.09. The number of halogens is 1. The third-order valence-electron chi connectivity index (χ3n) is 2.30. The zero-order valence-electron chi connectivity index (χ0n) is 6.43. The summed E-state index contributed by atoms with van der Waals surface area (Å²) in [6, 6.07) is 0. The van der Waals surface area contributed by atoms with Gasteiger partial charge in [0.15, 0.2) is 3.92 Å². The molecule has 60 valence electrons. The van der Waals surface area contributed by atoms with E-state index >= 15 is 0 Å². The number of hydrogen-bond donors (Lipinski definition) is 0. The first-order valence-electron chi connectivity index (χ1n) is 3.90. The minimum atomic E-state index is 0.776. The fourth-order valence-electron chi connectivity index (χ4n) is 1.44. The van der Waals surface area contributed by atoms with Gasteiger partial charge in [-0.1, -0.05) is 6.42 Å². The van der Waals surface area contributed by atoms with Gasteiger partial charge in [0.2, 0.25) is 0 Å². The van der Waals surface area contributed by atoms with Crippen LogP contribution in [0.2, 0.25) is 0 Å². The molecular formula is C8H10BrNS. The first-order valence-corrected chi connectivity index (χ1v) is 5.51. The summed E-state index contributed by atoms with van der Waals surface area (Å²) in [5.41, 5.74) is 1.34. The number of thiazole rings is 1. The number of aromatic nitrogens is 1. The van der Waals surface area contributed by atoms with Crippen molar-refractivity contribution in [3.63, 3.8) is 0 Å². The van der Waals surface area contributed by atoms with Crippen molar-refractivity contribution >= 4 is 27.3 Å². The number of rotatable bonds is 1. The average Bonchev–Trinajstić information content (AvgIpc) is 2.07. The highest BCUT2D eigenvalue weighted by molar-refractivity contribution is 9.11. The number of hydrogen-bond acceptors (Lipinski definition) is 2. The van der Waals surface area contributed by atoms with Crippen LogP contribution < -0.4 is 0 Å². The van der Waals surface area contributed by atoms with Crippen LogP contribution in [0.3, 0.4) is 0 Å². The Morgan fingerprint density at radius 2 is 2.27 bits per heavy atom. The lowest BCUT2D eigenvalue weighted by molar-refractivity contribution is 0.411. The van der Waals surface area contributed by atoms with Crippen molar-refractivity contribution in [1.29, 1.82) is 0 Å². The summed E-state index contributed by atoms with van der Waals surface area (Å²) in [6.45, 7) is 2.16. The zero-order valence-corrected chi connectivity index (χ0v) is 8.83. The zero-order chi connectivity index (χ0) is 7.84. The van der Waals surface area contributed by atoms with Gasteiger partial charge < -0.3 is 0 Å². The molecule has 0 N–H and O–H groups in total. The van der Waals surface area contributed by atoms with E-state index < -0.39 is 0 Å². The van der Waals surface area contributed by atoms with Crippen LogP contribution in [-0.2, 0) is 0 Å². The summed E-state index contributed by atoms with van der Waals surface area (Å²) in [4.78, 5) is 5.86. The van der Waals surface area contributed by atoms with Crippen molar-refractivity contribution < 1.29 is 0 Å². The van der Waals surface area contributed by atoms with Gasteiger partial charge in [0.05, 0.1) is 5.69 Å². The van der Waals surface area contributed by atoms with Gasteiger partial charge in [-0.15, -0.1) is 11.3 Å². The molecule has 0 saturated heterocycles. The highest BCUT2D eigenvalue weighted by Crippen LogP contribution is 2.39. The first kappa shape index (κ1) is 7.74. The Morgan fingerprint density at radius 3 is 2.64 bits per heavy atom. The Labute approximate surface area is 79.0 Å². The Morgan fingerprint density at radius 1 is 1.55 bits per heavy atom. The van der Waals surface area contributed by atoms with E-state index in [1.165, 1.54) is 29.8 Å². The highest BCUT2D eigenvalue weighted by atomic mass is 79.9. The third kappa shape index (κ3) is 1.36. The molecule has 1 aliphatic carbocycles. The van der Waals surface area contributed by atoms with Crippen LogP contribution in [0.5, 0.6) is 0 Å². The van der Waals surface area contributed by atoms with Gasteiger partial charge in [-0.2, -0.15) is 0 Å². The van der Waals surface area contributed by atoms with Crippen LogP contribution in [0.4, 0.5) is 0 Å². The van der Waals surface area contributed by atoms with E-state index in [-0.39, 0.29) is 0 Å². The SMILES string of the molecule is Cc1sc(Br)nc1C1CCC1. The minimum Gasteiger partial charge on any atom is -0.234 e. The molecule has 0 aromatic carbocycles. The summed E-state index contributed by atoms with van der Waals surface area (Å²) < 4.78 is 1.04. The van der Waals surface area contributed by atoms with E-state index in [4.69, 9.17) is 0 Å². The lowest BCUT2D eigenvalue weighted by atomic mass is 9.83. The van der Waals surface area contributed by atoms with Crippen molar-refractivity contribution in [2.75, 3.05) is 0 Å². The molecule has 1 aromatic rings. The number of aryl methyl sites for hydroxylation is 1. The summed E-state index contributed by atoms with van der Waals surface area (Å²) in [5, 5.41) is 0. The van der Waals surface area contributed by atoms with E-state index in [0.29, 0.717) is 0 Å². The first-order chi connectivity index (χ1) is 5.27. The average molecular weight is 232 g/mol. The van der Waals surface area contributed by atoms with Crippen LogP contribution >= 0.6 is 27.3 Å². The van der Waals surface area contributed by atoms with E-state index in [0.717, 1.165) is 9.83 Å². The highest BCUT2D eigenvalue weighted by Gasteiger charge is 2.23. The molecule has 1 fully saturated rings. The topological polar surface area (TPSA) is 12.9 Å². The molecule has 0 unspecified atom stereocenters. The molecule has 3 heteroatoms. The smallest absolute Gasteiger partial charge is 0.159 e. The van der Waals surface area contributed by atoms with E-state index in [1.54, 1.807) is 11.3 Å². The van der Waals surface area contributed by atoms with Gasteiger partial charge >= 0.3 is 0 Å². The predicted molar refractivity (Wildman–Crippen MR) is 51.1 cm³/mol. The molecule has 1 aliphatic rings. The fourth-order valence-corrected chi connectivity index (χ4v) is 3.07. The molecule has 0 spiro atoms. The predicted octanol–water partition coefficient (Wildman–Crippen LogP) is 3.48. The summed E-state index contributed by atoms with van der Waals surface area (Å²) >= 11 is 5.16. The van der Waals surface area contributed by atoms with Crippen molar-refractivity contribution in [2.45, 2.75) is 32.1 Å². The Bertz CT molecular complexity index is 265. The van der Waals surface area contributed by atoms with Crippen molar-refractivity contribution in [2.24, 2.45) is 0 Å². The maximum atomic E-state index is 4.47. The molecular weight excluding hydrogens is 222 g/mol. The summed E-state index contributed by atoms with van der Waals surface area (Å²) in [5.74, 6) is 0.776. The quantitative estimate of drug-likeness (QED) is 0.722. The standard InChI is InChI=1S/C8H10BrNS/c1-5-7(6-3-2-4-6)10-8(9)11-5/h6H,2-4H2,1H3. The van der Waals surface area contributed by atoms with Crippen LogP contribution in [0.15, 0.2) is 3.92 Å². The maximum Gasteiger partial charge on any atom is 0.159 e. The Balaban J connectivity index is 2.28. The second kappa shape index (κ2) is 2.87. The normalized spacial score (nSPS) is 18.4. The molecule has 0 radical (unpaired) electrons. The largest absolute Gasteiger partial charge is 0.234 e. The van der Waals surface area contributed by atoms with E-state index in [2.05, 4.69) is 27.8 Å². The minimum absolute atomic E-state index is 0.776. The molecule has 0 aliphatic heterocycles. The summed E-state index contributed by atoms with van der Waals surface area (Å²) in [7, 11) is 0. The van der Waals surface area contributed by atoms with Crippen molar-refractivity contribution in [3.8, 4) is 0 Å². The molecule has 11 heavy (non-hydrogen) atoms. The van der Waals surface area contributed by atoms with E-state index in [9.17, 15) is 0 Å². The fraction of sp³-hybridized carbons (Fsp3) is 0.625. The van der Waals surface area contributed by atoms with Gasteiger partial charge in [-0.25, -0.2) is 4.98 Å². The van der Waals surface area contributed by atoms with Crippen LogP contribution in [0.25, 0.3) is 0 Å². The monoisotopic (exact) mass is 231 g/mol. The van der Waals surface area contributed by atoms with Crippen LogP contribution in [0.1, 0.15) is 35.8 Å². The molecule has 0 atom stereocenters. The number of nitrogens with zero attached hydrogens (tertiary/aromatic N) is 1. The molecule has 0 bridgehead atoms. The maximum absolute atomic E-state index is 4.47. The van der Waals surface area contributed by atoms with Crippen molar-refractivity contribution in [3.05, 3.63) is 14.5 Å². The molecule has 1 nitrogen and oxygen atoms in total. The lowest BCUT2D eigenvalue weighted by Gasteiger charge is -2.23. The van der Waals surface area contributed by atoms with Gasteiger partial charge in [0.1, 0.15) is 0 Å². The summed E-state index contributed by atoms with van der Waals surface area (Å²) in [6.07, 6.45) is 4.08. The molecule has 0 amide bonds. The van der Waals surface area contributed by atoms with Gasteiger partial charge in [0.25, 0.3) is 0 Å². The van der Waals surface area contributed by atoms with Crippen molar-refractivity contribution in [1.82, 2.24) is 4.98 Å². The Kier molecular flexibility index (Phi) is 2.02. The Hall–Kier alpha value is 0.110. The second-order valence-electron chi connectivity index (χ2n) is 3.04. The second-order valence-corrected chi connectivity index (χ2v) is 5.52. The van der Waals surface area contributed by atoms with Crippen LogP contribution in [-0.4, -0.2) is 4.98 Å². The van der Waals surface area contributed by atoms with Gasteiger partial charge in [-0.05, 0) is 35.7 Å². The van der Waals surface area contributed by atoms with E-state index in [1.807, 2.05) is 0 Å². The van der Waals surface area contributed by atoms with Gasteiger partial charge in [-0.3, -0.25) is 0 Å². The molecule has 1 heterocycles. The molecule has 1 saturated carbocycles. The molecule has 2 rings (SSSR count). The van der Waals surface area contributed by atoms with Gasteiger partial charge in [0, 0.05) is 10.8 Å². The van der Waals surface area contributed by atoms with Crippen LogP contribution in [0, 0.1) is 6.92 Å². The third-order valence-corrected chi connectivity index (χ3v) is 3.74.